The lowest BCUT2D eigenvalue weighted by atomic mass is 9.88. The van der Waals surface area contributed by atoms with Crippen molar-refractivity contribution in [2.75, 3.05) is 6.61 Å². The average Bonchev–Trinajstić information content (AvgIpc) is 2.64. The molecule has 0 aliphatic carbocycles. The molecule has 0 fully saturated rings. The quantitative estimate of drug-likeness (QED) is 0.826. The van der Waals surface area contributed by atoms with Crippen molar-refractivity contribution in [1.29, 1.82) is 0 Å². The maximum absolute atomic E-state index is 11.4. The van der Waals surface area contributed by atoms with Gasteiger partial charge in [0.05, 0.1) is 12.6 Å². The van der Waals surface area contributed by atoms with Gasteiger partial charge in [-0.3, -0.25) is 0 Å². The second kappa shape index (κ2) is 4.93. The van der Waals surface area contributed by atoms with Gasteiger partial charge in [-0.25, -0.2) is 9.78 Å². The van der Waals surface area contributed by atoms with E-state index in [1.807, 2.05) is 20.8 Å². The van der Waals surface area contributed by atoms with Crippen LogP contribution in [0.3, 0.4) is 0 Å². The van der Waals surface area contributed by atoms with Gasteiger partial charge in [-0.1, -0.05) is 20.8 Å². The summed E-state index contributed by atoms with van der Waals surface area (Å²) < 4.78 is 4.87. The minimum atomic E-state index is -0.383. The third kappa shape index (κ3) is 3.02. The van der Waals surface area contributed by atoms with Gasteiger partial charge in [-0.05, 0) is 12.3 Å². The molecule has 0 spiro atoms. The predicted molar refractivity (Wildman–Crippen MR) is 64.5 cm³/mol. The lowest BCUT2D eigenvalue weighted by molar-refractivity contribution is 0.0520. The van der Waals surface area contributed by atoms with Crippen molar-refractivity contribution >= 4 is 17.3 Å². The zero-order valence-corrected chi connectivity index (χ0v) is 10.9. The Morgan fingerprint density at radius 2 is 2.25 bits per heavy atom. The number of esters is 1. The zero-order chi connectivity index (χ0) is 12.3. The van der Waals surface area contributed by atoms with Crippen LogP contribution in [0, 0.1) is 5.41 Å². The largest absolute Gasteiger partial charge is 0.461 e. The molecule has 1 aromatic rings. The maximum Gasteiger partial charge on any atom is 0.357 e. The summed E-state index contributed by atoms with van der Waals surface area (Å²) in [6, 6.07) is -0.166. The number of nitrogens with two attached hydrogens (primary N) is 1. The van der Waals surface area contributed by atoms with E-state index in [2.05, 4.69) is 4.98 Å². The summed E-state index contributed by atoms with van der Waals surface area (Å²) in [7, 11) is 0. The number of hydrogen-bond donors (Lipinski definition) is 1. The smallest absolute Gasteiger partial charge is 0.357 e. The summed E-state index contributed by atoms with van der Waals surface area (Å²) in [5, 5.41) is 2.47. The van der Waals surface area contributed by atoms with E-state index < -0.39 is 0 Å². The van der Waals surface area contributed by atoms with E-state index in [1.165, 1.54) is 11.3 Å². The molecule has 0 aromatic carbocycles. The molecule has 0 amide bonds. The van der Waals surface area contributed by atoms with Crippen LogP contribution in [-0.4, -0.2) is 17.6 Å². The Hall–Kier alpha value is -0.940. The van der Waals surface area contributed by atoms with Crippen LogP contribution in [0.1, 0.15) is 49.2 Å². The summed E-state index contributed by atoms with van der Waals surface area (Å²) >= 11 is 1.40. The van der Waals surface area contributed by atoms with Crippen molar-refractivity contribution < 1.29 is 9.53 Å². The number of rotatable bonds is 3. The van der Waals surface area contributed by atoms with Gasteiger partial charge in [0.1, 0.15) is 5.01 Å². The Balaban J connectivity index is 2.83. The SMILES string of the molecule is CCOC(=O)c1csc(C(N)C(C)(C)C)n1. The number of nitrogens with zero attached hydrogens (tertiary/aromatic N) is 1. The van der Waals surface area contributed by atoms with Gasteiger partial charge < -0.3 is 10.5 Å². The van der Waals surface area contributed by atoms with Crippen molar-refractivity contribution in [3.05, 3.63) is 16.1 Å². The van der Waals surface area contributed by atoms with Crippen LogP contribution in [0.15, 0.2) is 5.38 Å². The Morgan fingerprint density at radius 1 is 1.62 bits per heavy atom. The topological polar surface area (TPSA) is 65.2 Å². The summed E-state index contributed by atoms with van der Waals surface area (Å²) in [5.41, 5.74) is 6.34. The highest BCUT2D eigenvalue weighted by Crippen LogP contribution is 2.32. The van der Waals surface area contributed by atoms with Gasteiger partial charge >= 0.3 is 5.97 Å². The monoisotopic (exact) mass is 242 g/mol. The van der Waals surface area contributed by atoms with Gasteiger partial charge in [0, 0.05) is 5.38 Å². The fourth-order valence-corrected chi connectivity index (χ4v) is 2.13. The fraction of sp³-hybridized carbons (Fsp3) is 0.636. The number of aromatic nitrogens is 1. The first-order chi connectivity index (χ1) is 7.36. The molecule has 16 heavy (non-hydrogen) atoms. The van der Waals surface area contributed by atoms with Crippen LogP contribution in [0.4, 0.5) is 0 Å². The van der Waals surface area contributed by atoms with E-state index in [4.69, 9.17) is 10.5 Å². The van der Waals surface area contributed by atoms with Gasteiger partial charge in [0.25, 0.3) is 0 Å². The Bertz CT molecular complexity index is 368. The highest BCUT2D eigenvalue weighted by atomic mass is 32.1. The van der Waals surface area contributed by atoms with Crippen LogP contribution in [0.5, 0.6) is 0 Å². The minimum Gasteiger partial charge on any atom is -0.461 e. The first-order valence-corrected chi connectivity index (χ1v) is 6.12. The number of ether oxygens (including phenoxy) is 1. The second-order valence-corrected chi connectivity index (χ2v) is 5.52. The molecule has 0 saturated carbocycles. The molecule has 2 N–H and O–H groups in total. The van der Waals surface area contributed by atoms with Crippen LogP contribution >= 0.6 is 11.3 Å². The van der Waals surface area contributed by atoms with Gasteiger partial charge in [0.2, 0.25) is 0 Å². The molecule has 1 atom stereocenters. The molecular formula is C11H18N2O2S. The lowest BCUT2D eigenvalue weighted by Crippen LogP contribution is -2.26. The van der Waals surface area contributed by atoms with E-state index in [1.54, 1.807) is 12.3 Å². The van der Waals surface area contributed by atoms with Crippen LogP contribution in [0.25, 0.3) is 0 Å². The molecule has 1 rings (SSSR count). The molecule has 0 aliphatic heterocycles. The summed E-state index contributed by atoms with van der Waals surface area (Å²) in [6.45, 7) is 8.26. The highest BCUT2D eigenvalue weighted by Gasteiger charge is 2.26. The third-order valence-corrected chi connectivity index (χ3v) is 3.13. The van der Waals surface area contributed by atoms with Crippen LogP contribution in [0.2, 0.25) is 0 Å². The Kier molecular flexibility index (Phi) is 4.04. The molecular weight excluding hydrogens is 224 g/mol. The molecule has 1 unspecified atom stereocenters. The average molecular weight is 242 g/mol. The number of thiazole rings is 1. The Labute approximate surface area is 99.8 Å². The van der Waals surface area contributed by atoms with E-state index in [0.717, 1.165) is 5.01 Å². The van der Waals surface area contributed by atoms with Crippen LogP contribution in [-0.2, 0) is 4.74 Å². The lowest BCUT2D eigenvalue weighted by Gasteiger charge is -2.24. The predicted octanol–water partition coefficient (Wildman–Crippen LogP) is 2.37. The van der Waals surface area contributed by atoms with Crippen molar-refractivity contribution in [1.82, 2.24) is 4.98 Å². The summed E-state index contributed by atoms with van der Waals surface area (Å²) in [4.78, 5) is 15.6. The molecule has 5 heteroatoms. The first-order valence-electron chi connectivity index (χ1n) is 5.24. The van der Waals surface area contributed by atoms with E-state index >= 15 is 0 Å². The van der Waals surface area contributed by atoms with Gasteiger partial charge in [-0.2, -0.15) is 0 Å². The van der Waals surface area contributed by atoms with Gasteiger partial charge in [0.15, 0.2) is 5.69 Å². The van der Waals surface area contributed by atoms with Crippen molar-refractivity contribution in [2.45, 2.75) is 33.7 Å². The first kappa shape index (κ1) is 13.1. The highest BCUT2D eigenvalue weighted by molar-refractivity contribution is 7.09. The Morgan fingerprint density at radius 3 is 2.75 bits per heavy atom. The standard InChI is InChI=1S/C11H18N2O2S/c1-5-15-10(14)7-6-16-9(13-7)8(12)11(2,3)4/h6,8H,5,12H2,1-4H3. The zero-order valence-electron chi connectivity index (χ0n) is 10.1. The number of hydrogen-bond acceptors (Lipinski definition) is 5. The van der Waals surface area contributed by atoms with Gasteiger partial charge in [-0.15, -0.1) is 11.3 Å². The third-order valence-electron chi connectivity index (χ3n) is 2.21. The number of carbonyl (C=O) groups is 1. The molecule has 4 nitrogen and oxygen atoms in total. The minimum absolute atomic E-state index is 0.0657. The molecule has 0 radical (unpaired) electrons. The molecule has 1 heterocycles. The van der Waals surface area contributed by atoms with Crippen LogP contribution < -0.4 is 5.73 Å². The normalized spacial score (nSPS) is 13.6. The number of carbonyl (C=O) groups excluding carboxylic acids is 1. The summed E-state index contributed by atoms with van der Waals surface area (Å²) in [6.07, 6.45) is 0. The maximum atomic E-state index is 11.4. The van der Waals surface area contributed by atoms with Crippen molar-refractivity contribution in [3.8, 4) is 0 Å². The van der Waals surface area contributed by atoms with Crippen molar-refractivity contribution in [2.24, 2.45) is 11.1 Å². The fourth-order valence-electron chi connectivity index (χ4n) is 1.10. The summed E-state index contributed by atoms with van der Waals surface area (Å²) in [5.74, 6) is -0.383. The van der Waals surface area contributed by atoms with E-state index in [-0.39, 0.29) is 17.4 Å². The van der Waals surface area contributed by atoms with E-state index in [0.29, 0.717) is 12.3 Å². The van der Waals surface area contributed by atoms with E-state index in [9.17, 15) is 4.79 Å². The molecule has 0 saturated heterocycles. The molecule has 1 aromatic heterocycles. The molecule has 0 aliphatic rings. The van der Waals surface area contributed by atoms with Crippen molar-refractivity contribution in [3.63, 3.8) is 0 Å². The molecule has 90 valence electrons. The second-order valence-electron chi connectivity index (χ2n) is 4.64. The molecule has 0 bridgehead atoms.